The van der Waals surface area contributed by atoms with Gasteiger partial charge in [0.15, 0.2) is 5.82 Å². The van der Waals surface area contributed by atoms with Crippen LogP contribution in [0.2, 0.25) is 5.02 Å². The van der Waals surface area contributed by atoms with Crippen molar-refractivity contribution < 1.29 is 0 Å². The molecule has 0 aliphatic rings. The third kappa shape index (κ3) is 3.61. The van der Waals surface area contributed by atoms with Gasteiger partial charge in [-0.05, 0) is 36.6 Å². The van der Waals surface area contributed by atoms with E-state index in [1.165, 1.54) is 0 Å². The third-order valence-electron chi connectivity index (χ3n) is 2.96. The molecule has 0 unspecified atom stereocenters. The van der Waals surface area contributed by atoms with Crippen LogP contribution in [-0.2, 0) is 0 Å². The van der Waals surface area contributed by atoms with E-state index in [0.29, 0.717) is 16.8 Å². The smallest absolute Gasteiger partial charge is 0.297 e. The molecule has 1 heterocycles. The summed E-state index contributed by atoms with van der Waals surface area (Å²) in [6.07, 6.45) is 4.27. The fourth-order valence-corrected chi connectivity index (χ4v) is 1.94. The summed E-state index contributed by atoms with van der Waals surface area (Å²) in [7, 11) is 0. The highest BCUT2D eigenvalue weighted by Crippen LogP contribution is 2.12. The molecule has 0 aliphatic heterocycles. The zero-order valence-electron chi connectivity index (χ0n) is 11.6. The van der Waals surface area contributed by atoms with E-state index >= 15 is 0 Å². The molecule has 20 heavy (non-hydrogen) atoms. The minimum absolute atomic E-state index is 0.154. The van der Waals surface area contributed by atoms with Crippen LogP contribution in [0.1, 0.15) is 20.3 Å². The van der Waals surface area contributed by atoms with Gasteiger partial charge in [0.25, 0.3) is 5.56 Å². The molecule has 0 amide bonds. The van der Waals surface area contributed by atoms with Gasteiger partial charge in [-0.2, -0.15) is 0 Å². The van der Waals surface area contributed by atoms with Crippen LogP contribution < -0.4 is 10.9 Å². The molecule has 1 N–H and O–H groups in total. The van der Waals surface area contributed by atoms with Gasteiger partial charge in [0.1, 0.15) is 0 Å². The predicted molar refractivity (Wildman–Crippen MR) is 82.8 cm³/mol. The Kier molecular flexibility index (Phi) is 4.79. The molecule has 2 rings (SSSR count). The van der Waals surface area contributed by atoms with E-state index in [0.717, 1.165) is 18.7 Å². The number of hydrogen-bond donors (Lipinski definition) is 1. The lowest BCUT2D eigenvalue weighted by Gasteiger charge is -2.10. The highest BCUT2D eigenvalue weighted by atomic mass is 35.5. The summed E-state index contributed by atoms with van der Waals surface area (Å²) >= 11 is 5.86. The first-order valence-corrected chi connectivity index (χ1v) is 7.03. The largest absolute Gasteiger partial charge is 0.365 e. The Morgan fingerprint density at radius 2 is 2.00 bits per heavy atom. The number of aromatic nitrogens is 2. The first kappa shape index (κ1) is 14.6. The Morgan fingerprint density at radius 3 is 2.65 bits per heavy atom. The topological polar surface area (TPSA) is 46.9 Å². The van der Waals surface area contributed by atoms with Gasteiger partial charge >= 0.3 is 0 Å². The molecule has 0 bridgehead atoms. The van der Waals surface area contributed by atoms with Gasteiger partial charge in [-0.3, -0.25) is 9.36 Å². The van der Waals surface area contributed by atoms with E-state index in [9.17, 15) is 4.79 Å². The minimum atomic E-state index is -0.154. The number of rotatable bonds is 5. The van der Waals surface area contributed by atoms with Gasteiger partial charge < -0.3 is 5.32 Å². The number of nitrogens with one attached hydrogen (secondary N) is 1. The van der Waals surface area contributed by atoms with E-state index in [1.807, 2.05) is 12.1 Å². The molecule has 1 aromatic heterocycles. The molecule has 0 saturated carbocycles. The van der Waals surface area contributed by atoms with Crippen molar-refractivity contribution in [1.29, 1.82) is 0 Å². The van der Waals surface area contributed by atoms with Gasteiger partial charge in [0.05, 0.1) is 0 Å². The molecular formula is C15H18ClN3O. The number of halogens is 1. The lowest BCUT2D eigenvalue weighted by atomic mass is 10.1. The molecule has 0 fully saturated rings. The maximum absolute atomic E-state index is 12.3. The monoisotopic (exact) mass is 291 g/mol. The molecule has 0 atom stereocenters. The molecule has 0 radical (unpaired) electrons. The van der Waals surface area contributed by atoms with Crippen molar-refractivity contribution in [3.8, 4) is 5.69 Å². The van der Waals surface area contributed by atoms with Crippen molar-refractivity contribution in [3.05, 3.63) is 52.0 Å². The molecule has 1 aromatic carbocycles. The Labute approximate surface area is 123 Å². The third-order valence-corrected chi connectivity index (χ3v) is 3.21. The second-order valence-corrected chi connectivity index (χ2v) is 5.47. The zero-order chi connectivity index (χ0) is 14.5. The molecule has 5 heteroatoms. The number of benzene rings is 1. The van der Waals surface area contributed by atoms with Crippen LogP contribution >= 0.6 is 11.6 Å². The van der Waals surface area contributed by atoms with Gasteiger partial charge in [0, 0.05) is 29.6 Å². The molecule has 0 spiro atoms. The van der Waals surface area contributed by atoms with Crippen molar-refractivity contribution in [1.82, 2.24) is 9.55 Å². The Bertz CT molecular complexity index is 620. The summed E-state index contributed by atoms with van der Waals surface area (Å²) < 4.78 is 1.56. The average Bonchev–Trinajstić information content (AvgIpc) is 2.41. The maximum Gasteiger partial charge on any atom is 0.297 e. The van der Waals surface area contributed by atoms with Crippen LogP contribution in [0.25, 0.3) is 5.69 Å². The first-order chi connectivity index (χ1) is 9.58. The Balaban J connectivity index is 2.23. The molecule has 0 aliphatic carbocycles. The standard InChI is InChI=1S/C15H18ClN3O/c1-11(2)7-8-17-14-15(20)19(10-9-18-14)13-5-3-12(16)4-6-13/h3-6,9-11H,7-8H2,1-2H3,(H,17,18). The molecular weight excluding hydrogens is 274 g/mol. The van der Waals surface area contributed by atoms with Crippen molar-refractivity contribution in [2.45, 2.75) is 20.3 Å². The molecule has 0 saturated heterocycles. The van der Waals surface area contributed by atoms with Crippen LogP contribution in [0.4, 0.5) is 5.82 Å². The predicted octanol–water partition coefficient (Wildman–Crippen LogP) is 3.34. The van der Waals surface area contributed by atoms with Gasteiger partial charge in [-0.15, -0.1) is 0 Å². The summed E-state index contributed by atoms with van der Waals surface area (Å²) in [5, 5.41) is 3.74. The summed E-state index contributed by atoms with van der Waals surface area (Å²) in [6, 6.07) is 7.13. The normalized spacial score (nSPS) is 10.8. The van der Waals surface area contributed by atoms with Crippen LogP contribution in [0.15, 0.2) is 41.5 Å². The van der Waals surface area contributed by atoms with E-state index < -0.39 is 0 Å². The van der Waals surface area contributed by atoms with E-state index in [-0.39, 0.29) is 5.56 Å². The fourth-order valence-electron chi connectivity index (χ4n) is 1.82. The number of anilines is 1. The van der Waals surface area contributed by atoms with E-state index in [4.69, 9.17) is 11.6 Å². The second kappa shape index (κ2) is 6.57. The van der Waals surface area contributed by atoms with Crippen LogP contribution in [0.5, 0.6) is 0 Å². The summed E-state index contributed by atoms with van der Waals surface area (Å²) in [5.41, 5.74) is 0.618. The minimum Gasteiger partial charge on any atom is -0.365 e. The zero-order valence-corrected chi connectivity index (χ0v) is 12.4. The van der Waals surface area contributed by atoms with Gasteiger partial charge in [-0.1, -0.05) is 25.4 Å². The lowest BCUT2D eigenvalue weighted by molar-refractivity contribution is 0.606. The summed E-state index contributed by atoms with van der Waals surface area (Å²) in [6.45, 7) is 5.03. The van der Waals surface area contributed by atoms with Gasteiger partial charge in [-0.25, -0.2) is 4.98 Å². The Morgan fingerprint density at radius 1 is 1.30 bits per heavy atom. The van der Waals surface area contributed by atoms with Crippen LogP contribution in [0, 0.1) is 5.92 Å². The molecule has 106 valence electrons. The van der Waals surface area contributed by atoms with E-state index in [2.05, 4.69) is 24.1 Å². The Hall–Kier alpha value is -1.81. The van der Waals surface area contributed by atoms with Crippen LogP contribution in [0.3, 0.4) is 0 Å². The second-order valence-electron chi connectivity index (χ2n) is 5.04. The summed E-state index contributed by atoms with van der Waals surface area (Å²) in [4.78, 5) is 16.4. The highest BCUT2D eigenvalue weighted by molar-refractivity contribution is 6.30. The van der Waals surface area contributed by atoms with E-state index in [1.54, 1.807) is 29.1 Å². The first-order valence-electron chi connectivity index (χ1n) is 6.65. The van der Waals surface area contributed by atoms with Crippen LogP contribution in [-0.4, -0.2) is 16.1 Å². The summed E-state index contributed by atoms with van der Waals surface area (Å²) in [5.74, 6) is 0.966. The average molecular weight is 292 g/mol. The van der Waals surface area contributed by atoms with Crippen molar-refractivity contribution >= 4 is 17.4 Å². The van der Waals surface area contributed by atoms with Crippen molar-refractivity contribution in [2.24, 2.45) is 5.92 Å². The number of hydrogen-bond acceptors (Lipinski definition) is 3. The number of nitrogens with zero attached hydrogens (tertiary/aromatic N) is 2. The quantitative estimate of drug-likeness (QED) is 0.919. The van der Waals surface area contributed by atoms with Crippen molar-refractivity contribution in [2.75, 3.05) is 11.9 Å². The van der Waals surface area contributed by atoms with Crippen molar-refractivity contribution in [3.63, 3.8) is 0 Å². The SMILES string of the molecule is CC(C)CCNc1nccn(-c2ccc(Cl)cc2)c1=O. The van der Waals surface area contributed by atoms with Gasteiger partial charge in [0.2, 0.25) is 0 Å². The fraction of sp³-hybridized carbons (Fsp3) is 0.333. The highest BCUT2D eigenvalue weighted by Gasteiger charge is 2.06. The maximum atomic E-state index is 12.3. The lowest BCUT2D eigenvalue weighted by Crippen LogP contribution is -2.23. The molecule has 2 aromatic rings. The molecule has 4 nitrogen and oxygen atoms in total.